The second-order valence-electron chi connectivity index (χ2n) is 5.30. The number of benzene rings is 2. The average molecular weight is 329 g/mol. The van der Waals surface area contributed by atoms with Crippen molar-refractivity contribution in [3.05, 3.63) is 65.3 Å². The highest BCUT2D eigenvalue weighted by molar-refractivity contribution is 6.30. The van der Waals surface area contributed by atoms with E-state index in [4.69, 9.17) is 16.3 Å². The summed E-state index contributed by atoms with van der Waals surface area (Å²) in [6, 6.07) is 16.9. The minimum absolute atomic E-state index is 0.0547. The molecule has 2 aromatic carbocycles. The lowest BCUT2D eigenvalue weighted by Gasteiger charge is -2.16. The number of carbonyl (C=O) groups is 1. The molecule has 23 heavy (non-hydrogen) atoms. The third kappa shape index (κ3) is 3.66. The van der Waals surface area contributed by atoms with Gasteiger partial charge in [-0.15, -0.1) is 0 Å². The highest BCUT2D eigenvalue weighted by atomic mass is 35.5. The molecule has 0 aliphatic rings. The van der Waals surface area contributed by atoms with Crippen LogP contribution in [0.1, 0.15) is 10.5 Å². The van der Waals surface area contributed by atoms with Gasteiger partial charge in [0.05, 0.1) is 6.54 Å². The number of para-hydroxylation sites is 1. The summed E-state index contributed by atoms with van der Waals surface area (Å²) in [5, 5.41) is 1.70. The van der Waals surface area contributed by atoms with Crippen molar-refractivity contribution >= 4 is 28.4 Å². The second-order valence-corrected chi connectivity index (χ2v) is 5.74. The number of carbonyl (C=O) groups excluding carboxylic acids is 1. The summed E-state index contributed by atoms with van der Waals surface area (Å²) in [4.78, 5) is 17.2. The number of halogens is 1. The Morgan fingerprint density at radius 2 is 1.91 bits per heavy atom. The summed E-state index contributed by atoms with van der Waals surface area (Å²) >= 11 is 5.83. The lowest BCUT2D eigenvalue weighted by Crippen LogP contribution is -2.31. The molecule has 0 radical (unpaired) electrons. The highest BCUT2D eigenvalue weighted by Gasteiger charge is 2.14. The largest absolute Gasteiger partial charge is 0.492 e. The molecule has 3 rings (SSSR count). The third-order valence-electron chi connectivity index (χ3n) is 3.62. The van der Waals surface area contributed by atoms with E-state index in [9.17, 15) is 4.79 Å². The maximum Gasteiger partial charge on any atom is 0.270 e. The third-order valence-corrected chi connectivity index (χ3v) is 3.87. The fourth-order valence-electron chi connectivity index (χ4n) is 2.33. The zero-order chi connectivity index (χ0) is 16.2. The first kappa shape index (κ1) is 15.4. The van der Waals surface area contributed by atoms with Crippen LogP contribution in [0.3, 0.4) is 0 Å². The summed E-state index contributed by atoms with van der Waals surface area (Å²) in [7, 11) is 1.76. The van der Waals surface area contributed by atoms with Crippen molar-refractivity contribution in [2.75, 3.05) is 20.2 Å². The summed E-state index contributed by atoms with van der Waals surface area (Å²) in [6.07, 6.45) is 0. The van der Waals surface area contributed by atoms with Crippen LogP contribution < -0.4 is 4.74 Å². The quantitative estimate of drug-likeness (QED) is 0.770. The fraction of sp³-hybridized carbons (Fsp3) is 0.167. The number of H-pyrrole nitrogens is 1. The molecule has 0 atom stereocenters. The van der Waals surface area contributed by atoms with Crippen LogP contribution in [0.15, 0.2) is 54.6 Å². The van der Waals surface area contributed by atoms with Crippen LogP contribution in [0.25, 0.3) is 10.9 Å². The standard InChI is InChI=1S/C18H17ClN2O2/c1-21(10-11-23-15-8-6-14(19)7-9-15)18(22)17-12-13-4-2-3-5-16(13)20-17/h2-9,12,20H,10-11H2,1H3. The van der Waals surface area contributed by atoms with E-state index in [1.54, 1.807) is 24.1 Å². The van der Waals surface area contributed by atoms with Crippen LogP contribution in [0, 0.1) is 0 Å². The first-order chi connectivity index (χ1) is 11.1. The number of likely N-dealkylation sites (N-methyl/N-ethyl adjacent to an activating group) is 1. The Hall–Kier alpha value is -2.46. The van der Waals surface area contributed by atoms with Gasteiger partial charge in [0.15, 0.2) is 0 Å². The van der Waals surface area contributed by atoms with E-state index in [-0.39, 0.29) is 5.91 Å². The normalized spacial score (nSPS) is 10.7. The van der Waals surface area contributed by atoms with Crippen LogP contribution in [-0.2, 0) is 0 Å². The van der Waals surface area contributed by atoms with E-state index < -0.39 is 0 Å². The Morgan fingerprint density at radius 3 is 2.65 bits per heavy atom. The van der Waals surface area contributed by atoms with Crippen molar-refractivity contribution in [3.63, 3.8) is 0 Å². The second kappa shape index (κ2) is 6.75. The van der Waals surface area contributed by atoms with Gasteiger partial charge >= 0.3 is 0 Å². The molecule has 0 aliphatic carbocycles. The van der Waals surface area contributed by atoms with Gasteiger partial charge in [-0.05, 0) is 36.4 Å². The van der Waals surface area contributed by atoms with Crippen molar-refractivity contribution < 1.29 is 9.53 Å². The molecule has 1 heterocycles. The van der Waals surface area contributed by atoms with Gasteiger partial charge in [0.2, 0.25) is 0 Å². The van der Waals surface area contributed by atoms with Crippen LogP contribution in [0.4, 0.5) is 0 Å². The van der Waals surface area contributed by atoms with Gasteiger partial charge in [0.1, 0.15) is 18.1 Å². The summed E-state index contributed by atoms with van der Waals surface area (Å²) in [5.41, 5.74) is 1.54. The summed E-state index contributed by atoms with van der Waals surface area (Å²) in [5.74, 6) is 0.682. The maximum atomic E-state index is 12.4. The number of hydrogen-bond acceptors (Lipinski definition) is 2. The zero-order valence-corrected chi connectivity index (χ0v) is 13.5. The van der Waals surface area contributed by atoms with E-state index in [1.165, 1.54) is 0 Å². The molecule has 0 bridgehead atoms. The monoisotopic (exact) mass is 328 g/mol. The van der Waals surface area contributed by atoms with Gasteiger partial charge in [-0.1, -0.05) is 29.8 Å². The van der Waals surface area contributed by atoms with Gasteiger partial charge in [0.25, 0.3) is 5.91 Å². The number of rotatable bonds is 5. The Labute approximate surface area is 139 Å². The smallest absolute Gasteiger partial charge is 0.270 e. The Bertz CT molecular complexity index is 778. The van der Waals surface area contributed by atoms with E-state index >= 15 is 0 Å². The molecule has 4 nitrogen and oxygen atoms in total. The topological polar surface area (TPSA) is 45.3 Å². The summed E-state index contributed by atoms with van der Waals surface area (Å²) in [6.45, 7) is 0.918. The maximum absolute atomic E-state index is 12.4. The van der Waals surface area contributed by atoms with E-state index in [0.29, 0.717) is 23.9 Å². The van der Waals surface area contributed by atoms with Gasteiger partial charge in [-0.25, -0.2) is 0 Å². The molecule has 0 saturated heterocycles. The number of aromatic amines is 1. The highest BCUT2D eigenvalue weighted by Crippen LogP contribution is 2.17. The van der Waals surface area contributed by atoms with Crippen LogP contribution in [-0.4, -0.2) is 36.0 Å². The number of amides is 1. The Balaban J connectivity index is 1.57. The number of ether oxygens (including phenoxy) is 1. The molecule has 1 N–H and O–H groups in total. The number of nitrogens with zero attached hydrogens (tertiary/aromatic N) is 1. The van der Waals surface area contributed by atoms with E-state index in [1.807, 2.05) is 42.5 Å². The molecule has 0 unspecified atom stereocenters. The fourth-order valence-corrected chi connectivity index (χ4v) is 2.45. The molecule has 0 aliphatic heterocycles. The van der Waals surface area contributed by atoms with Crippen LogP contribution >= 0.6 is 11.6 Å². The predicted molar refractivity (Wildman–Crippen MR) is 92.2 cm³/mol. The predicted octanol–water partition coefficient (Wildman–Crippen LogP) is 3.97. The molecule has 1 aromatic heterocycles. The molecular formula is C18H17ClN2O2. The minimum atomic E-state index is -0.0547. The average Bonchev–Trinajstić information content (AvgIpc) is 3.00. The minimum Gasteiger partial charge on any atom is -0.492 e. The van der Waals surface area contributed by atoms with Crippen molar-refractivity contribution in [2.24, 2.45) is 0 Å². The van der Waals surface area contributed by atoms with Gasteiger partial charge in [-0.2, -0.15) is 0 Å². The van der Waals surface area contributed by atoms with Crippen molar-refractivity contribution in [3.8, 4) is 5.75 Å². The lowest BCUT2D eigenvalue weighted by atomic mass is 10.2. The number of fused-ring (bicyclic) bond motifs is 1. The lowest BCUT2D eigenvalue weighted by molar-refractivity contribution is 0.0769. The number of aromatic nitrogens is 1. The molecular weight excluding hydrogens is 312 g/mol. The van der Waals surface area contributed by atoms with Crippen LogP contribution in [0.5, 0.6) is 5.75 Å². The Morgan fingerprint density at radius 1 is 1.17 bits per heavy atom. The van der Waals surface area contributed by atoms with Crippen molar-refractivity contribution in [2.45, 2.75) is 0 Å². The first-order valence-corrected chi connectivity index (χ1v) is 7.73. The molecule has 5 heteroatoms. The number of hydrogen-bond donors (Lipinski definition) is 1. The Kier molecular flexibility index (Phi) is 4.53. The summed E-state index contributed by atoms with van der Waals surface area (Å²) < 4.78 is 5.61. The molecule has 3 aromatic rings. The van der Waals surface area contributed by atoms with Crippen molar-refractivity contribution in [1.82, 2.24) is 9.88 Å². The zero-order valence-electron chi connectivity index (χ0n) is 12.8. The van der Waals surface area contributed by atoms with E-state index in [2.05, 4.69) is 4.98 Å². The SMILES string of the molecule is CN(CCOc1ccc(Cl)cc1)C(=O)c1cc2ccccc2[nH]1. The molecule has 0 spiro atoms. The van der Waals surface area contributed by atoms with Gasteiger partial charge < -0.3 is 14.6 Å². The molecule has 0 fully saturated rings. The van der Waals surface area contributed by atoms with Crippen molar-refractivity contribution in [1.29, 1.82) is 0 Å². The van der Waals surface area contributed by atoms with Gasteiger partial charge in [0, 0.05) is 23.0 Å². The molecule has 0 saturated carbocycles. The molecule has 118 valence electrons. The number of nitrogens with one attached hydrogen (secondary N) is 1. The van der Waals surface area contributed by atoms with Crippen LogP contribution in [0.2, 0.25) is 5.02 Å². The van der Waals surface area contributed by atoms with Gasteiger partial charge in [-0.3, -0.25) is 4.79 Å². The van der Waals surface area contributed by atoms with E-state index in [0.717, 1.165) is 16.7 Å². The first-order valence-electron chi connectivity index (χ1n) is 7.35. The molecule has 1 amide bonds.